The number of nitrogens with one attached hydrogen (secondary N) is 1. The minimum absolute atomic E-state index is 0.00447. The zero-order valence-corrected chi connectivity index (χ0v) is 19.0. The van der Waals surface area contributed by atoms with E-state index >= 15 is 0 Å². The molecule has 34 heavy (non-hydrogen) atoms. The highest BCUT2D eigenvalue weighted by Crippen LogP contribution is 2.30. The molecule has 2 aromatic carbocycles. The average Bonchev–Trinajstić information content (AvgIpc) is 3.20. The third-order valence-corrected chi connectivity index (χ3v) is 5.66. The smallest absolute Gasteiger partial charge is 0.338 e. The number of aromatic nitrogens is 2. The predicted molar refractivity (Wildman–Crippen MR) is 122 cm³/mol. The molecule has 0 aliphatic carbocycles. The van der Waals surface area contributed by atoms with Gasteiger partial charge in [-0.1, -0.05) is 23.2 Å². The van der Waals surface area contributed by atoms with E-state index in [1.54, 1.807) is 24.3 Å². The molecule has 0 unspecified atom stereocenters. The lowest BCUT2D eigenvalue weighted by Crippen LogP contribution is -2.37. The van der Waals surface area contributed by atoms with E-state index in [9.17, 15) is 19.2 Å². The number of carbonyl (C=O) groups excluding carboxylic acids is 2. The van der Waals surface area contributed by atoms with Crippen molar-refractivity contribution in [2.75, 3.05) is 6.61 Å². The van der Waals surface area contributed by atoms with Gasteiger partial charge in [0.05, 0.1) is 11.1 Å². The van der Waals surface area contributed by atoms with E-state index in [2.05, 4.69) is 4.98 Å². The Kier molecular flexibility index (Phi) is 7.16. The molecule has 1 N–H and O–H groups in total. The van der Waals surface area contributed by atoms with Crippen LogP contribution in [0.1, 0.15) is 33.4 Å². The molecular weight excluding hydrogens is 487 g/mol. The summed E-state index contributed by atoms with van der Waals surface area (Å²) in [6.45, 7) is -0.282. The van der Waals surface area contributed by atoms with Gasteiger partial charge in [-0.2, -0.15) is 0 Å². The van der Waals surface area contributed by atoms with Gasteiger partial charge in [-0.25, -0.2) is 19.0 Å². The monoisotopic (exact) mass is 504 g/mol. The van der Waals surface area contributed by atoms with Crippen LogP contribution in [0.2, 0.25) is 10.0 Å². The molecule has 0 saturated carbocycles. The molecule has 0 amide bonds. The Morgan fingerprint density at radius 3 is 2.12 bits per heavy atom. The minimum Gasteiger partial charge on any atom is -0.459 e. The van der Waals surface area contributed by atoms with E-state index in [1.165, 1.54) is 36.5 Å². The summed E-state index contributed by atoms with van der Waals surface area (Å²) in [5.74, 6) is -1.30. The number of nitrogens with zero attached hydrogens (tertiary/aromatic N) is 1. The molecule has 0 radical (unpaired) electrons. The van der Waals surface area contributed by atoms with E-state index in [0.29, 0.717) is 10.0 Å². The number of esters is 2. The van der Waals surface area contributed by atoms with Crippen LogP contribution in [-0.4, -0.2) is 40.3 Å². The van der Waals surface area contributed by atoms with Gasteiger partial charge in [0.2, 0.25) is 0 Å². The minimum atomic E-state index is -1.03. The SMILES string of the molecule is O=C(OC[C@H]1O[C@@H](n2c(=O)cc[nH]c2=O)C[C@@H]1OC(=O)c1ccc(Cl)cc1)c1ccc(Cl)cc1. The first-order valence-electron chi connectivity index (χ1n) is 10.2. The summed E-state index contributed by atoms with van der Waals surface area (Å²) in [6, 6.07) is 13.4. The quantitative estimate of drug-likeness (QED) is 0.512. The summed E-state index contributed by atoms with van der Waals surface area (Å²) in [7, 11) is 0. The highest BCUT2D eigenvalue weighted by Gasteiger charge is 2.41. The fourth-order valence-corrected chi connectivity index (χ4v) is 3.71. The summed E-state index contributed by atoms with van der Waals surface area (Å²) in [6.07, 6.45) is -1.64. The Morgan fingerprint density at radius 2 is 1.53 bits per heavy atom. The van der Waals surface area contributed by atoms with Crippen molar-refractivity contribution in [2.45, 2.75) is 24.9 Å². The molecule has 1 aliphatic heterocycles. The van der Waals surface area contributed by atoms with Crippen molar-refractivity contribution in [3.8, 4) is 0 Å². The molecule has 11 heteroatoms. The van der Waals surface area contributed by atoms with Crippen LogP contribution in [0.25, 0.3) is 0 Å². The first-order chi connectivity index (χ1) is 16.3. The van der Waals surface area contributed by atoms with Crippen LogP contribution in [-0.2, 0) is 14.2 Å². The molecule has 4 rings (SSSR count). The van der Waals surface area contributed by atoms with Crippen molar-refractivity contribution in [1.29, 1.82) is 0 Å². The van der Waals surface area contributed by atoms with E-state index in [1.807, 2.05) is 0 Å². The Morgan fingerprint density at radius 1 is 0.941 bits per heavy atom. The Labute approximate surface area is 202 Å². The zero-order valence-electron chi connectivity index (χ0n) is 17.5. The third-order valence-electron chi connectivity index (χ3n) is 5.15. The fraction of sp³-hybridized carbons (Fsp3) is 0.217. The van der Waals surface area contributed by atoms with Crippen molar-refractivity contribution in [2.24, 2.45) is 0 Å². The molecule has 3 atom stereocenters. The molecule has 1 aliphatic rings. The number of halogens is 2. The summed E-state index contributed by atoms with van der Waals surface area (Å²) in [5, 5.41) is 0.918. The maximum absolute atomic E-state index is 12.6. The van der Waals surface area contributed by atoms with Crippen LogP contribution < -0.4 is 11.2 Å². The van der Waals surface area contributed by atoms with Gasteiger partial charge in [-0.15, -0.1) is 0 Å². The maximum Gasteiger partial charge on any atom is 0.338 e. The molecule has 0 bridgehead atoms. The number of ether oxygens (including phenoxy) is 3. The van der Waals surface area contributed by atoms with Gasteiger partial charge in [0.25, 0.3) is 5.56 Å². The van der Waals surface area contributed by atoms with Gasteiger partial charge in [-0.3, -0.25) is 4.79 Å². The van der Waals surface area contributed by atoms with Crippen LogP contribution >= 0.6 is 23.2 Å². The molecule has 0 spiro atoms. The lowest BCUT2D eigenvalue weighted by atomic mass is 10.1. The third kappa shape index (κ3) is 5.39. The normalized spacial score (nSPS) is 19.5. The molecule has 2 heterocycles. The van der Waals surface area contributed by atoms with Gasteiger partial charge in [0.15, 0.2) is 0 Å². The second-order valence-electron chi connectivity index (χ2n) is 7.41. The summed E-state index contributed by atoms with van der Waals surface area (Å²) < 4.78 is 17.6. The second-order valence-corrected chi connectivity index (χ2v) is 8.28. The molecule has 1 aromatic heterocycles. The standard InChI is InChI=1S/C23H18Cl2N2O7/c24-15-5-1-13(2-6-15)21(29)32-12-18-17(34-22(30)14-3-7-16(25)8-4-14)11-20(33-18)27-19(28)9-10-26-23(27)31/h1-10,17-18,20H,11-12H2,(H,26,31)/t17-,18+,20+/m0/s1. The maximum atomic E-state index is 12.6. The Hall–Kier alpha value is -3.40. The van der Waals surface area contributed by atoms with Gasteiger partial charge < -0.3 is 19.2 Å². The van der Waals surface area contributed by atoms with Crippen LogP contribution in [0.5, 0.6) is 0 Å². The topological polar surface area (TPSA) is 117 Å². The lowest BCUT2D eigenvalue weighted by molar-refractivity contribution is -0.0589. The first kappa shape index (κ1) is 23.7. The van der Waals surface area contributed by atoms with Crippen LogP contribution in [0.4, 0.5) is 0 Å². The molecule has 3 aromatic rings. The number of rotatable bonds is 6. The lowest BCUT2D eigenvalue weighted by Gasteiger charge is -2.19. The molecule has 1 saturated heterocycles. The van der Waals surface area contributed by atoms with Gasteiger partial charge in [0, 0.05) is 28.7 Å². The van der Waals surface area contributed by atoms with Crippen molar-refractivity contribution in [1.82, 2.24) is 9.55 Å². The van der Waals surface area contributed by atoms with Gasteiger partial charge >= 0.3 is 17.6 Å². The van der Waals surface area contributed by atoms with E-state index in [-0.39, 0.29) is 24.2 Å². The predicted octanol–water partition coefficient (Wildman–Crippen LogP) is 3.21. The number of benzene rings is 2. The summed E-state index contributed by atoms with van der Waals surface area (Å²) in [4.78, 5) is 51.9. The van der Waals surface area contributed by atoms with Crippen molar-refractivity contribution in [3.63, 3.8) is 0 Å². The highest BCUT2D eigenvalue weighted by atomic mass is 35.5. The van der Waals surface area contributed by atoms with E-state index < -0.39 is 41.6 Å². The zero-order chi connectivity index (χ0) is 24.2. The number of hydrogen-bond donors (Lipinski definition) is 1. The Bertz CT molecular complexity index is 1270. The fourth-order valence-electron chi connectivity index (χ4n) is 3.46. The van der Waals surface area contributed by atoms with Gasteiger partial charge in [-0.05, 0) is 48.5 Å². The van der Waals surface area contributed by atoms with Crippen molar-refractivity contribution in [3.05, 3.63) is 103 Å². The molecular formula is C23H18Cl2N2O7. The number of hydrogen-bond acceptors (Lipinski definition) is 7. The number of H-pyrrole nitrogens is 1. The van der Waals surface area contributed by atoms with Crippen LogP contribution in [0.3, 0.4) is 0 Å². The van der Waals surface area contributed by atoms with Crippen molar-refractivity contribution >= 4 is 35.1 Å². The molecule has 176 valence electrons. The summed E-state index contributed by atoms with van der Waals surface area (Å²) in [5.41, 5.74) is -0.752. The summed E-state index contributed by atoms with van der Waals surface area (Å²) >= 11 is 11.7. The molecule has 9 nitrogen and oxygen atoms in total. The van der Waals surface area contributed by atoms with Crippen molar-refractivity contribution < 1.29 is 23.8 Å². The van der Waals surface area contributed by atoms with Gasteiger partial charge in [0.1, 0.15) is 25.0 Å². The largest absolute Gasteiger partial charge is 0.459 e. The van der Waals surface area contributed by atoms with Crippen LogP contribution in [0.15, 0.2) is 70.4 Å². The first-order valence-corrected chi connectivity index (χ1v) is 10.9. The average molecular weight is 505 g/mol. The molecule has 1 fully saturated rings. The highest BCUT2D eigenvalue weighted by molar-refractivity contribution is 6.31. The van der Waals surface area contributed by atoms with Crippen LogP contribution in [0, 0.1) is 0 Å². The van der Waals surface area contributed by atoms with E-state index in [4.69, 9.17) is 37.4 Å². The number of aromatic amines is 1. The second kappa shape index (κ2) is 10.3. The van der Waals surface area contributed by atoms with E-state index in [0.717, 1.165) is 4.57 Å². The Balaban J connectivity index is 1.52. The number of carbonyl (C=O) groups is 2.